The van der Waals surface area contributed by atoms with Crippen molar-refractivity contribution in [2.24, 2.45) is 11.8 Å². The number of rotatable bonds is 2. The Hall–Kier alpha value is -0.0800. The average molecular weight is 184 g/mol. The van der Waals surface area contributed by atoms with Gasteiger partial charge in [-0.05, 0) is 18.9 Å². The van der Waals surface area contributed by atoms with Crippen LogP contribution in [-0.4, -0.2) is 37.1 Å². The summed E-state index contributed by atoms with van der Waals surface area (Å²) in [5, 5.41) is 3.68. The summed E-state index contributed by atoms with van der Waals surface area (Å²) in [4.78, 5) is 2.44. The lowest BCUT2D eigenvalue weighted by Gasteiger charge is -2.41. The zero-order valence-electron chi connectivity index (χ0n) is 9.67. The SMILES string of the molecule is CC(C)NC1[C@H](C)CN(C)C[C@@H]1C. The Morgan fingerprint density at radius 3 is 2.00 bits per heavy atom. The molecule has 0 radical (unpaired) electrons. The molecule has 2 nitrogen and oxygen atoms in total. The van der Waals surface area contributed by atoms with E-state index >= 15 is 0 Å². The van der Waals surface area contributed by atoms with Crippen molar-refractivity contribution in [2.75, 3.05) is 20.1 Å². The summed E-state index contributed by atoms with van der Waals surface area (Å²) in [6.45, 7) is 11.6. The lowest BCUT2D eigenvalue weighted by Crippen LogP contribution is -2.53. The minimum absolute atomic E-state index is 0.610. The van der Waals surface area contributed by atoms with Crippen molar-refractivity contribution >= 4 is 0 Å². The topological polar surface area (TPSA) is 15.3 Å². The van der Waals surface area contributed by atoms with Crippen LogP contribution in [0.15, 0.2) is 0 Å². The van der Waals surface area contributed by atoms with E-state index in [9.17, 15) is 0 Å². The van der Waals surface area contributed by atoms with Gasteiger partial charge in [-0.25, -0.2) is 0 Å². The van der Waals surface area contributed by atoms with Crippen molar-refractivity contribution in [1.82, 2.24) is 10.2 Å². The fourth-order valence-corrected chi connectivity index (χ4v) is 2.56. The summed E-state index contributed by atoms with van der Waals surface area (Å²) in [5.41, 5.74) is 0. The zero-order valence-corrected chi connectivity index (χ0v) is 9.67. The summed E-state index contributed by atoms with van der Waals surface area (Å²) in [6, 6.07) is 1.31. The molecule has 1 aliphatic rings. The summed E-state index contributed by atoms with van der Waals surface area (Å²) < 4.78 is 0. The smallest absolute Gasteiger partial charge is 0.0145 e. The average Bonchev–Trinajstić information content (AvgIpc) is 1.96. The molecule has 3 atom stereocenters. The van der Waals surface area contributed by atoms with Crippen molar-refractivity contribution < 1.29 is 0 Å². The number of hydrogen-bond donors (Lipinski definition) is 1. The second-order valence-electron chi connectivity index (χ2n) is 5.02. The molecule has 0 bridgehead atoms. The molecule has 0 spiro atoms. The first-order valence-electron chi connectivity index (χ1n) is 5.45. The Morgan fingerprint density at radius 2 is 1.62 bits per heavy atom. The fraction of sp³-hybridized carbons (Fsp3) is 1.00. The minimum Gasteiger partial charge on any atom is -0.311 e. The van der Waals surface area contributed by atoms with Gasteiger partial charge in [0.2, 0.25) is 0 Å². The van der Waals surface area contributed by atoms with Crippen molar-refractivity contribution in [3.05, 3.63) is 0 Å². The van der Waals surface area contributed by atoms with E-state index in [4.69, 9.17) is 0 Å². The molecule has 1 unspecified atom stereocenters. The van der Waals surface area contributed by atoms with Crippen LogP contribution in [0.5, 0.6) is 0 Å². The Morgan fingerprint density at radius 1 is 1.15 bits per heavy atom. The minimum atomic E-state index is 0.610. The van der Waals surface area contributed by atoms with Gasteiger partial charge >= 0.3 is 0 Å². The van der Waals surface area contributed by atoms with Gasteiger partial charge in [0.05, 0.1) is 0 Å². The van der Waals surface area contributed by atoms with Gasteiger partial charge in [-0.2, -0.15) is 0 Å². The van der Waals surface area contributed by atoms with Gasteiger partial charge in [0, 0.05) is 25.2 Å². The third-order valence-electron chi connectivity index (χ3n) is 2.95. The molecule has 0 aromatic heterocycles. The Kier molecular flexibility index (Phi) is 3.74. The van der Waals surface area contributed by atoms with Crippen molar-refractivity contribution in [3.8, 4) is 0 Å². The van der Waals surface area contributed by atoms with Gasteiger partial charge in [0.15, 0.2) is 0 Å². The third-order valence-corrected chi connectivity index (χ3v) is 2.95. The summed E-state index contributed by atoms with van der Waals surface area (Å²) in [6.07, 6.45) is 0. The number of nitrogens with one attached hydrogen (secondary N) is 1. The van der Waals surface area contributed by atoms with E-state index in [1.165, 1.54) is 13.1 Å². The first kappa shape index (κ1) is 11.0. The number of hydrogen-bond acceptors (Lipinski definition) is 2. The van der Waals surface area contributed by atoms with Crippen LogP contribution in [0, 0.1) is 11.8 Å². The van der Waals surface area contributed by atoms with Gasteiger partial charge < -0.3 is 10.2 Å². The largest absolute Gasteiger partial charge is 0.311 e. The van der Waals surface area contributed by atoms with E-state index in [2.05, 4.69) is 45.0 Å². The molecule has 0 amide bonds. The highest BCUT2D eigenvalue weighted by molar-refractivity contribution is 4.87. The van der Waals surface area contributed by atoms with E-state index in [1.807, 2.05) is 0 Å². The van der Waals surface area contributed by atoms with Gasteiger partial charge in [0.25, 0.3) is 0 Å². The Bertz CT molecular complexity index is 144. The predicted octanol–water partition coefficient (Wildman–Crippen LogP) is 1.57. The van der Waals surface area contributed by atoms with E-state index < -0.39 is 0 Å². The van der Waals surface area contributed by atoms with Crippen molar-refractivity contribution in [3.63, 3.8) is 0 Å². The van der Waals surface area contributed by atoms with Gasteiger partial charge in [-0.15, -0.1) is 0 Å². The third kappa shape index (κ3) is 2.96. The predicted molar refractivity (Wildman–Crippen MR) is 57.9 cm³/mol. The fourth-order valence-electron chi connectivity index (χ4n) is 2.56. The molecule has 1 N–H and O–H groups in total. The Labute approximate surface area is 82.7 Å². The molecular formula is C11H24N2. The highest BCUT2D eigenvalue weighted by Gasteiger charge is 2.30. The molecule has 0 aromatic rings. The summed E-state index contributed by atoms with van der Waals surface area (Å²) in [5.74, 6) is 1.55. The van der Waals surface area contributed by atoms with Crippen LogP contribution in [0.4, 0.5) is 0 Å². The van der Waals surface area contributed by atoms with Gasteiger partial charge in [0.1, 0.15) is 0 Å². The summed E-state index contributed by atoms with van der Waals surface area (Å²) in [7, 11) is 2.22. The molecule has 1 rings (SSSR count). The van der Waals surface area contributed by atoms with Gasteiger partial charge in [-0.3, -0.25) is 0 Å². The highest BCUT2D eigenvalue weighted by atomic mass is 15.1. The van der Waals surface area contributed by atoms with Crippen LogP contribution in [0.1, 0.15) is 27.7 Å². The first-order chi connectivity index (χ1) is 6.00. The van der Waals surface area contributed by atoms with Crippen molar-refractivity contribution in [2.45, 2.75) is 39.8 Å². The van der Waals surface area contributed by atoms with Crippen LogP contribution in [0.25, 0.3) is 0 Å². The normalized spacial score (nSPS) is 36.9. The molecule has 78 valence electrons. The lowest BCUT2D eigenvalue weighted by atomic mass is 9.85. The maximum Gasteiger partial charge on any atom is 0.0145 e. The molecule has 1 fully saturated rings. The van der Waals surface area contributed by atoms with E-state index in [0.717, 1.165) is 11.8 Å². The summed E-state index contributed by atoms with van der Waals surface area (Å²) >= 11 is 0. The van der Waals surface area contributed by atoms with Crippen LogP contribution in [0.3, 0.4) is 0 Å². The molecular weight excluding hydrogens is 160 g/mol. The number of likely N-dealkylation sites (tertiary alicyclic amines) is 1. The molecule has 0 aliphatic carbocycles. The first-order valence-corrected chi connectivity index (χ1v) is 5.45. The monoisotopic (exact) mass is 184 g/mol. The maximum absolute atomic E-state index is 3.68. The maximum atomic E-state index is 3.68. The van der Waals surface area contributed by atoms with Gasteiger partial charge in [-0.1, -0.05) is 27.7 Å². The van der Waals surface area contributed by atoms with Crippen LogP contribution in [-0.2, 0) is 0 Å². The molecule has 13 heavy (non-hydrogen) atoms. The Balaban J connectivity index is 2.51. The molecule has 1 heterocycles. The van der Waals surface area contributed by atoms with E-state index in [1.54, 1.807) is 0 Å². The molecule has 0 aromatic carbocycles. The van der Waals surface area contributed by atoms with Crippen LogP contribution >= 0.6 is 0 Å². The molecule has 1 saturated heterocycles. The number of piperidine rings is 1. The van der Waals surface area contributed by atoms with Crippen molar-refractivity contribution in [1.29, 1.82) is 0 Å². The zero-order chi connectivity index (χ0) is 10.0. The second-order valence-corrected chi connectivity index (χ2v) is 5.02. The highest BCUT2D eigenvalue weighted by Crippen LogP contribution is 2.21. The molecule has 0 saturated carbocycles. The van der Waals surface area contributed by atoms with E-state index in [-0.39, 0.29) is 0 Å². The molecule has 2 heteroatoms. The number of nitrogens with zero attached hydrogens (tertiary/aromatic N) is 1. The van der Waals surface area contributed by atoms with E-state index in [0.29, 0.717) is 12.1 Å². The quantitative estimate of drug-likeness (QED) is 0.701. The second kappa shape index (κ2) is 4.43. The lowest BCUT2D eigenvalue weighted by molar-refractivity contribution is 0.117. The van der Waals surface area contributed by atoms with Crippen LogP contribution < -0.4 is 5.32 Å². The molecule has 1 aliphatic heterocycles. The van der Waals surface area contributed by atoms with Crippen LogP contribution in [0.2, 0.25) is 0 Å². The standard InChI is InChI=1S/C11H24N2/c1-8(2)12-11-9(3)6-13(5)7-10(11)4/h8-12H,6-7H2,1-5H3/t9-,10+,11?.